The molecule has 0 radical (unpaired) electrons. The van der Waals surface area contributed by atoms with Crippen LogP contribution in [-0.2, 0) is 14.3 Å². The van der Waals surface area contributed by atoms with Gasteiger partial charge in [-0.05, 0) is 49.7 Å². The van der Waals surface area contributed by atoms with Crippen molar-refractivity contribution in [3.63, 3.8) is 0 Å². The summed E-state index contributed by atoms with van der Waals surface area (Å²) >= 11 is 0. The molecule has 0 spiro atoms. The monoisotopic (exact) mass is 366 g/mol. The highest BCUT2D eigenvalue weighted by molar-refractivity contribution is 6.04. The molecule has 0 unspecified atom stereocenters. The summed E-state index contributed by atoms with van der Waals surface area (Å²) in [6, 6.07) is 12.4. The molecule has 140 valence electrons. The van der Waals surface area contributed by atoms with Gasteiger partial charge in [0.2, 0.25) is 11.8 Å². The largest absolute Gasteiger partial charge is 0.465 e. The molecule has 0 saturated carbocycles. The molecular formula is C21H22N2O4. The van der Waals surface area contributed by atoms with Crippen molar-refractivity contribution in [2.75, 3.05) is 23.9 Å². The third-order valence-electron chi connectivity index (χ3n) is 4.71. The number of carbonyl (C=O) groups excluding carboxylic acids is 3. The molecule has 1 heterocycles. The Hall–Kier alpha value is -3.15. The third-order valence-corrected chi connectivity index (χ3v) is 4.71. The molecular weight excluding hydrogens is 344 g/mol. The number of methoxy groups -OCH3 is 1. The fourth-order valence-electron chi connectivity index (χ4n) is 3.28. The van der Waals surface area contributed by atoms with Gasteiger partial charge < -0.3 is 15.0 Å². The average molecular weight is 366 g/mol. The van der Waals surface area contributed by atoms with E-state index in [2.05, 4.69) is 10.1 Å². The van der Waals surface area contributed by atoms with Crippen LogP contribution in [0.5, 0.6) is 0 Å². The molecule has 6 heteroatoms. The van der Waals surface area contributed by atoms with E-state index < -0.39 is 11.9 Å². The zero-order chi connectivity index (χ0) is 19.6. The van der Waals surface area contributed by atoms with E-state index in [1.54, 1.807) is 29.2 Å². The lowest BCUT2D eigenvalue weighted by molar-refractivity contribution is -0.122. The summed E-state index contributed by atoms with van der Waals surface area (Å²) in [5.74, 6) is -1.11. The van der Waals surface area contributed by atoms with Crippen LogP contribution in [0, 0.1) is 19.8 Å². The van der Waals surface area contributed by atoms with E-state index >= 15 is 0 Å². The lowest BCUT2D eigenvalue weighted by Crippen LogP contribution is -2.28. The number of hydrogen-bond donors (Lipinski definition) is 1. The molecule has 3 rings (SSSR count). The standard InChI is InChI=1S/C21H22N2O4/c1-13-4-9-18(14(2)10-13)23-12-16(11-19(23)24)20(25)22-17-7-5-15(6-8-17)21(26)27-3/h4-10,16H,11-12H2,1-3H3,(H,22,25)/t16-/m0/s1. The van der Waals surface area contributed by atoms with Crippen LogP contribution < -0.4 is 10.2 Å². The number of esters is 1. The summed E-state index contributed by atoms with van der Waals surface area (Å²) in [6.45, 7) is 4.32. The van der Waals surface area contributed by atoms with Crippen molar-refractivity contribution in [3.05, 3.63) is 59.2 Å². The molecule has 0 aromatic heterocycles. The van der Waals surface area contributed by atoms with Gasteiger partial charge in [0.15, 0.2) is 0 Å². The molecule has 2 aromatic carbocycles. The van der Waals surface area contributed by atoms with Crippen LogP contribution in [0.4, 0.5) is 11.4 Å². The molecule has 27 heavy (non-hydrogen) atoms. The smallest absolute Gasteiger partial charge is 0.337 e. The summed E-state index contributed by atoms with van der Waals surface area (Å²) in [5.41, 5.74) is 3.98. The van der Waals surface area contributed by atoms with Crippen molar-refractivity contribution in [3.8, 4) is 0 Å². The van der Waals surface area contributed by atoms with Crippen molar-refractivity contribution in [1.29, 1.82) is 0 Å². The van der Waals surface area contributed by atoms with Crippen molar-refractivity contribution >= 4 is 29.2 Å². The van der Waals surface area contributed by atoms with E-state index in [0.717, 1.165) is 16.8 Å². The first-order chi connectivity index (χ1) is 12.9. The Balaban J connectivity index is 1.68. The van der Waals surface area contributed by atoms with Crippen molar-refractivity contribution in [2.45, 2.75) is 20.3 Å². The Morgan fingerprint density at radius 2 is 1.81 bits per heavy atom. The molecule has 0 aliphatic carbocycles. The van der Waals surface area contributed by atoms with Crippen molar-refractivity contribution < 1.29 is 19.1 Å². The molecule has 1 fully saturated rings. The van der Waals surface area contributed by atoms with E-state index in [1.165, 1.54) is 7.11 Å². The minimum Gasteiger partial charge on any atom is -0.465 e. The van der Waals surface area contributed by atoms with Gasteiger partial charge in [0.05, 0.1) is 18.6 Å². The minimum atomic E-state index is -0.432. The maximum Gasteiger partial charge on any atom is 0.337 e. The normalized spacial score (nSPS) is 16.3. The molecule has 0 bridgehead atoms. The number of aryl methyl sites for hydroxylation is 2. The molecule has 6 nitrogen and oxygen atoms in total. The van der Waals surface area contributed by atoms with Crippen LogP contribution >= 0.6 is 0 Å². The van der Waals surface area contributed by atoms with Crippen LogP contribution in [-0.4, -0.2) is 31.4 Å². The summed E-state index contributed by atoms with van der Waals surface area (Å²) in [5, 5.41) is 2.81. The Bertz CT molecular complexity index is 890. The quantitative estimate of drug-likeness (QED) is 0.844. The van der Waals surface area contributed by atoms with Gasteiger partial charge in [-0.25, -0.2) is 4.79 Å². The lowest BCUT2D eigenvalue weighted by atomic mass is 10.1. The van der Waals surface area contributed by atoms with Crippen molar-refractivity contribution in [2.24, 2.45) is 5.92 Å². The van der Waals surface area contributed by atoms with Crippen molar-refractivity contribution in [1.82, 2.24) is 0 Å². The molecule has 1 aliphatic heterocycles. The summed E-state index contributed by atoms with van der Waals surface area (Å²) < 4.78 is 4.65. The van der Waals surface area contributed by atoms with Gasteiger partial charge in [-0.2, -0.15) is 0 Å². The van der Waals surface area contributed by atoms with Gasteiger partial charge in [-0.1, -0.05) is 17.7 Å². The first kappa shape index (κ1) is 18.6. The van der Waals surface area contributed by atoms with E-state index in [1.807, 2.05) is 32.0 Å². The number of anilines is 2. The van der Waals surface area contributed by atoms with E-state index in [9.17, 15) is 14.4 Å². The summed E-state index contributed by atoms with van der Waals surface area (Å²) in [6.07, 6.45) is 0.180. The number of nitrogens with zero attached hydrogens (tertiary/aromatic N) is 1. The van der Waals surface area contributed by atoms with Gasteiger partial charge in [0, 0.05) is 24.3 Å². The highest BCUT2D eigenvalue weighted by Gasteiger charge is 2.35. The molecule has 1 aliphatic rings. The van der Waals surface area contributed by atoms with Gasteiger partial charge in [0.1, 0.15) is 0 Å². The SMILES string of the molecule is COC(=O)c1ccc(NC(=O)[C@H]2CC(=O)N(c3ccc(C)cc3C)C2)cc1. The fourth-order valence-corrected chi connectivity index (χ4v) is 3.28. The van der Waals surface area contributed by atoms with Gasteiger partial charge in [-0.3, -0.25) is 9.59 Å². The zero-order valence-corrected chi connectivity index (χ0v) is 15.6. The highest BCUT2D eigenvalue weighted by Crippen LogP contribution is 2.29. The predicted octanol–water partition coefficient (Wildman–Crippen LogP) is 3.08. The van der Waals surface area contributed by atoms with Crippen LogP contribution in [0.25, 0.3) is 0 Å². The number of nitrogens with one attached hydrogen (secondary N) is 1. The maximum atomic E-state index is 12.6. The second kappa shape index (κ2) is 7.61. The van der Waals surface area contributed by atoms with Crippen LogP contribution in [0.1, 0.15) is 27.9 Å². The molecule has 1 saturated heterocycles. The number of benzene rings is 2. The first-order valence-corrected chi connectivity index (χ1v) is 8.76. The lowest BCUT2D eigenvalue weighted by Gasteiger charge is -2.19. The first-order valence-electron chi connectivity index (χ1n) is 8.76. The average Bonchev–Trinajstić information content (AvgIpc) is 3.03. The number of carbonyl (C=O) groups is 3. The van der Waals surface area contributed by atoms with E-state index in [0.29, 0.717) is 17.8 Å². The Morgan fingerprint density at radius 3 is 2.44 bits per heavy atom. The Morgan fingerprint density at radius 1 is 1.11 bits per heavy atom. The maximum absolute atomic E-state index is 12.6. The topological polar surface area (TPSA) is 75.7 Å². The summed E-state index contributed by atoms with van der Waals surface area (Å²) in [4.78, 5) is 38.1. The van der Waals surface area contributed by atoms with Crippen LogP contribution in [0.15, 0.2) is 42.5 Å². The van der Waals surface area contributed by atoms with Crippen LogP contribution in [0.3, 0.4) is 0 Å². The number of ether oxygens (including phenoxy) is 1. The Labute approximate surface area is 158 Å². The molecule has 1 atom stereocenters. The van der Waals surface area contributed by atoms with Crippen LogP contribution in [0.2, 0.25) is 0 Å². The molecule has 2 amide bonds. The summed E-state index contributed by atoms with van der Waals surface area (Å²) in [7, 11) is 1.32. The molecule has 1 N–H and O–H groups in total. The predicted molar refractivity (Wildman–Crippen MR) is 103 cm³/mol. The van der Waals surface area contributed by atoms with E-state index in [4.69, 9.17) is 0 Å². The zero-order valence-electron chi connectivity index (χ0n) is 15.6. The third kappa shape index (κ3) is 4.00. The minimum absolute atomic E-state index is 0.0526. The second-order valence-corrected chi connectivity index (χ2v) is 6.75. The second-order valence-electron chi connectivity index (χ2n) is 6.75. The van der Waals surface area contributed by atoms with Gasteiger partial charge in [-0.15, -0.1) is 0 Å². The number of rotatable bonds is 4. The van der Waals surface area contributed by atoms with Gasteiger partial charge in [0.25, 0.3) is 0 Å². The molecule has 2 aromatic rings. The van der Waals surface area contributed by atoms with Gasteiger partial charge >= 0.3 is 5.97 Å². The highest BCUT2D eigenvalue weighted by atomic mass is 16.5. The fraction of sp³-hybridized carbons (Fsp3) is 0.286. The Kier molecular flexibility index (Phi) is 5.26. The number of amides is 2. The number of hydrogen-bond acceptors (Lipinski definition) is 4. The van der Waals surface area contributed by atoms with E-state index in [-0.39, 0.29) is 18.2 Å².